The van der Waals surface area contributed by atoms with Crippen molar-refractivity contribution < 1.29 is 9.53 Å². The third kappa shape index (κ3) is 4.22. The number of nitrogens with zero attached hydrogens (tertiary/aromatic N) is 1. The molecule has 4 heteroatoms. The smallest absolute Gasteiger partial charge is 0.255 e. The molecule has 1 aliphatic heterocycles. The molecule has 1 aliphatic rings. The van der Waals surface area contributed by atoms with E-state index in [4.69, 9.17) is 4.74 Å². The number of carbonyl (C=O) groups excluding carboxylic acids is 1. The zero-order valence-corrected chi connectivity index (χ0v) is 14.3. The van der Waals surface area contributed by atoms with Crippen molar-refractivity contribution in [2.45, 2.75) is 20.4 Å². The summed E-state index contributed by atoms with van der Waals surface area (Å²) in [6, 6.07) is 13.8. The third-order valence-electron chi connectivity index (χ3n) is 4.46. The highest BCUT2D eigenvalue weighted by molar-refractivity contribution is 6.04. The molecule has 1 amide bonds. The largest absolute Gasteiger partial charge is 0.379 e. The van der Waals surface area contributed by atoms with E-state index in [1.807, 2.05) is 43.3 Å². The molecule has 1 N–H and O–H groups in total. The molecule has 1 heterocycles. The maximum absolute atomic E-state index is 12.5. The van der Waals surface area contributed by atoms with Crippen molar-refractivity contribution >= 4 is 11.6 Å². The zero-order chi connectivity index (χ0) is 16.9. The number of hydrogen-bond donors (Lipinski definition) is 1. The summed E-state index contributed by atoms with van der Waals surface area (Å²) in [5.41, 5.74) is 5.08. The second kappa shape index (κ2) is 7.60. The standard InChI is InChI=1S/C20H24N2O2/c1-15-6-7-19(12-16(15)2)21-20(23)18-5-3-4-17(13-18)14-22-8-10-24-11-9-22/h3-7,12-13H,8-11,14H2,1-2H3,(H,21,23). The van der Waals surface area contributed by atoms with Crippen LogP contribution in [0.15, 0.2) is 42.5 Å². The number of hydrogen-bond acceptors (Lipinski definition) is 3. The van der Waals surface area contributed by atoms with E-state index in [1.54, 1.807) is 0 Å². The minimum Gasteiger partial charge on any atom is -0.379 e. The number of morpholine rings is 1. The molecule has 3 rings (SSSR count). The molecule has 2 aromatic rings. The lowest BCUT2D eigenvalue weighted by atomic mass is 10.1. The number of ether oxygens (including phenoxy) is 1. The Kier molecular flexibility index (Phi) is 5.28. The molecule has 0 unspecified atom stereocenters. The van der Waals surface area contributed by atoms with Crippen LogP contribution in [0.25, 0.3) is 0 Å². The molecule has 4 nitrogen and oxygen atoms in total. The molecule has 2 aromatic carbocycles. The van der Waals surface area contributed by atoms with Gasteiger partial charge in [0, 0.05) is 30.9 Å². The van der Waals surface area contributed by atoms with Crippen molar-refractivity contribution in [3.63, 3.8) is 0 Å². The molecule has 0 atom stereocenters. The topological polar surface area (TPSA) is 41.6 Å². The molecule has 0 bridgehead atoms. The molecule has 0 aromatic heterocycles. The van der Waals surface area contributed by atoms with Crippen LogP contribution in [-0.2, 0) is 11.3 Å². The lowest BCUT2D eigenvalue weighted by molar-refractivity contribution is 0.0342. The summed E-state index contributed by atoms with van der Waals surface area (Å²) < 4.78 is 5.38. The van der Waals surface area contributed by atoms with Gasteiger partial charge in [-0.2, -0.15) is 0 Å². The van der Waals surface area contributed by atoms with Crippen LogP contribution in [0, 0.1) is 13.8 Å². The lowest BCUT2D eigenvalue weighted by Crippen LogP contribution is -2.35. The molecule has 0 radical (unpaired) electrons. The fourth-order valence-electron chi connectivity index (χ4n) is 2.85. The first-order valence-electron chi connectivity index (χ1n) is 8.39. The van der Waals surface area contributed by atoms with Crippen molar-refractivity contribution in [2.24, 2.45) is 0 Å². The van der Waals surface area contributed by atoms with Gasteiger partial charge in [0.1, 0.15) is 0 Å². The number of nitrogens with one attached hydrogen (secondary N) is 1. The normalized spacial score (nSPS) is 15.2. The molecule has 126 valence electrons. The van der Waals surface area contributed by atoms with Gasteiger partial charge >= 0.3 is 0 Å². The summed E-state index contributed by atoms with van der Waals surface area (Å²) >= 11 is 0. The van der Waals surface area contributed by atoms with Gasteiger partial charge in [0.25, 0.3) is 5.91 Å². The van der Waals surface area contributed by atoms with Gasteiger partial charge in [-0.25, -0.2) is 0 Å². The van der Waals surface area contributed by atoms with Gasteiger partial charge in [0.2, 0.25) is 0 Å². The van der Waals surface area contributed by atoms with Crippen molar-refractivity contribution in [2.75, 3.05) is 31.6 Å². The maximum atomic E-state index is 12.5. The fourth-order valence-corrected chi connectivity index (χ4v) is 2.85. The quantitative estimate of drug-likeness (QED) is 0.937. The predicted octanol–water partition coefficient (Wildman–Crippen LogP) is 3.39. The molecule has 1 saturated heterocycles. The number of amides is 1. The molecule has 0 spiro atoms. The fraction of sp³-hybridized carbons (Fsp3) is 0.350. The van der Waals surface area contributed by atoms with E-state index in [9.17, 15) is 4.79 Å². The maximum Gasteiger partial charge on any atom is 0.255 e. The Balaban J connectivity index is 1.68. The highest BCUT2D eigenvalue weighted by atomic mass is 16.5. The number of carbonyl (C=O) groups is 1. The van der Waals surface area contributed by atoms with Crippen molar-refractivity contribution in [3.8, 4) is 0 Å². The molecular weight excluding hydrogens is 300 g/mol. The predicted molar refractivity (Wildman–Crippen MR) is 96.4 cm³/mol. The highest BCUT2D eigenvalue weighted by Crippen LogP contribution is 2.16. The van der Waals surface area contributed by atoms with Crippen LogP contribution in [-0.4, -0.2) is 37.1 Å². The van der Waals surface area contributed by atoms with Crippen LogP contribution in [0.5, 0.6) is 0 Å². The Labute approximate surface area is 143 Å². The summed E-state index contributed by atoms with van der Waals surface area (Å²) in [6.07, 6.45) is 0. The van der Waals surface area contributed by atoms with E-state index in [0.717, 1.165) is 44.1 Å². The van der Waals surface area contributed by atoms with Gasteiger partial charge in [-0.15, -0.1) is 0 Å². The summed E-state index contributed by atoms with van der Waals surface area (Å²) in [5.74, 6) is -0.0675. The molecule has 0 aliphatic carbocycles. The molecule has 24 heavy (non-hydrogen) atoms. The lowest BCUT2D eigenvalue weighted by Gasteiger charge is -2.26. The van der Waals surface area contributed by atoms with Crippen molar-refractivity contribution in [1.82, 2.24) is 4.90 Å². The van der Waals surface area contributed by atoms with Crippen LogP contribution < -0.4 is 5.32 Å². The van der Waals surface area contributed by atoms with Crippen molar-refractivity contribution in [3.05, 3.63) is 64.7 Å². The van der Waals surface area contributed by atoms with Gasteiger partial charge in [-0.1, -0.05) is 18.2 Å². The Morgan fingerprint density at radius 2 is 1.88 bits per heavy atom. The summed E-state index contributed by atoms with van der Waals surface area (Å²) in [7, 11) is 0. The zero-order valence-electron chi connectivity index (χ0n) is 14.3. The Hall–Kier alpha value is -2.17. The minimum absolute atomic E-state index is 0.0675. The monoisotopic (exact) mass is 324 g/mol. The van der Waals surface area contributed by atoms with E-state index in [1.165, 1.54) is 11.1 Å². The number of anilines is 1. The number of benzene rings is 2. The second-order valence-electron chi connectivity index (χ2n) is 6.34. The van der Waals surface area contributed by atoms with E-state index >= 15 is 0 Å². The SMILES string of the molecule is Cc1ccc(NC(=O)c2cccc(CN3CCOCC3)c2)cc1C. The number of aryl methyl sites for hydroxylation is 2. The molecule has 0 saturated carbocycles. The van der Waals surface area contributed by atoms with Crippen LogP contribution in [0.4, 0.5) is 5.69 Å². The van der Waals surface area contributed by atoms with E-state index in [0.29, 0.717) is 5.56 Å². The summed E-state index contributed by atoms with van der Waals surface area (Å²) in [5, 5.41) is 2.98. The van der Waals surface area contributed by atoms with Gasteiger partial charge in [-0.3, -0.25) is 9.69 Å². The van der Waals surface area contributed by atoms with Gasteiger partial charge < -0.3 is 10.1 Å². The molecular formula is C20H24N2O2. The Morgan fingerprint density at radius 1 is 1.08 bits per heavy atom. The number of rotatable bonds is 4. The first-order chi connectivity index (χ1) is 11.6. The van der Waals surface area contributed by atoms with Crippen LogP contribution in [0.3, 0.4) is 0 Å². The first kappa shape index (κ1) is 16.7. The highest BCUT2D eigenvalue weighted by Gasteiger charge is 2.12. The van der Waals surface area contributed by atoms with E-state index in [-0.39, 0.29) is 5.91 Å². The first-order valence-corrected chi connectivity index (χ1v) is 8.39. The third-order valence-corrected chi connectivity index (χ3v) is 4.46. The van der Waals surface area contributed by atoms with Crippen LogP contribution >= 0.6 is 0 Å². The Morgan fingerprint density at radius 3 is 2.62 bits per heavy atom. The Bertz CT molecular complexity index is 721. The second-order valence-corrected chi connectivity index (χ2v) is 6.34. The average molecular weight is 324 g/mol. The van der Waals surface area contributed by atoms with Gasteiger partial charge in [0.15, 0.2) is 0 Å². The van der Waals surface area contributed by atoms with Gasteiger partial charge in [0.05, 0.1) is 13.2 Å². The molecule has 1 fully saturated rings. The van der Waals surface area contributed by atoms with E-state index < -0.39 is 0 Å². The summed E-state index contributed by atoms with van der Waals surface area (Å²) in [4.78, 5) is 14.9. The average Bonchev–Trinajstić information content (AvgIpc) is 2.59. The summed E-state index contributed by atoms with van der Waals surface area (Å²) in [6.45, 7) is 8.43. The van der Waals surface area contributed by atoms with Gasteiger partial charge in [-0.05, 0) is 54.8 Å². The van der Waals surface area contributed by atoms with E-state index in [2.05, 4.69) is 23.2 Å². The van der Waals surface area contributed by atoms with Crippen molar-refractivity contribution in [1.29, 1.82) is 0 Å². The minimum atomic E-state index is -0.0675. The van der Waals surface area contributed by atoms with Crippen LogP contribution in [0.2, 0.25) is 0 Å². The van der Waals surface area contributed by atoms with Crippen LogP contribution in [0.1, 0.15) is 27.0 Å².